The molecule has 1 fully saturated rings. The molecule has 0 aromatic carbocycles. The summed E-state index contributed by atoms with van der Waals surface area (Å²) < 4.78 is 0. The van der Waals surface area contributed by atoms with Gasteiger partial charge in [0.15, 0.2) is 0 Å². The number of aryl methyl sites for hydroxylation is 1. The molecule has 0 saturated carbocycles. The molecule has 1 aliphatic rings. The van der Waals surface area contributed by atoms with Crippen LogP contribution in [-0.4, -0.2) is 30.6 Å². The van der Waals surface area contributed by atoms with Gasteiger partial charge in [0.25, 0.3) is 0 Å². The molecule has 1 unspecified atom stereocenters. The summed E-state index contributed by atoms with van der Waals surface area (Å²) in [5.41, 5.74) is 0. The summed E-state index contributed by atoms with van der Waals surface area (Å²) in [5, 5.41) is 3.52. The van der Waals surface area contributed by atoms with Crippen molar-refractivity contribution in [2.45, 2.75) is 46.2 Å². The van der Waals surface area contributed by atoms with Crippen LogP contribution in [0.1, 0.15) is 36.4 Å². The Morgan fingerprint density at radius 3 is 2.83 bits per heavy atom. The number of nitrogens with one attached hydrogen (secondary N) is 1. The van der Waals surface area contributed by atoms with Gasteiger partial charge in [-0.1, -0.05) is 0 Å². The predicted octanol–water partition coefficient (Wildman–Crippen LogP) is 3.27. The van der Waals surface area contributed by atoms with Crippen LogP contribution >= 0.6 is 11.3 Å². The zero-order valence-electron chi connectivity index (χ0n) is 11.9. The topological polar surface area (TPSA) is 15.3 Å². The number of nitrogens with zero attached hydrogens (tertiary/aromatic N) is 1. The van der Waals surface area contributed by atoms with Crippen molar-refractivity contribution in [3.05, 3.63) is 21.9 Å². The van der Waals surface area contributed by atoms with Gasteiger partial charge in [-0.05, 0) is 64.8 Å². The molecular weight excluding hydrogens is 240 g/mol. The van der Waals surface area contributed by atoms with Crippen molar-refractivity contribution in [2.75, 3.05) is 19.6 Å². The zero-order chi connectivity index (χ0) is 13.0. The molecule has 18 heavy (non-hydrogen) atoms. The highest BCUT2D eigenvalue weighted by molar-refractivity contribution is 7.11. The third-order valence-electron chi connectivity index (χ3n) is 3.78. The van der Waals surface area contributed by atoms with Crippen LogP contribution in [0.2, 0.25) is 0 Å². The van der Waals surface area contributed by atoms with E-state index < -0.39 is 0 Å². The van der Waals surface area contributed by atoms with Gasteiger partial charge in [0, 0.05) is 28.9 Å². The summed E-state index contributed by atoms with van der Waals surface area (Å²) in [6.45, 7) is 11.6. The average Bonchev–Trinajstić information content (AvgIpc) is 2.75. The van der Waals surface area contributed by atoms with E-state index in [1.807, 2.05) is 11.3 Å². The summed E-state index contributed by atoms with van der Waals surface area (Å²) in [5.74, 6) is 0.835. The lowest BCUT2D eigenvalue weighted by atomic mass is 9.98. The third kappa shape index (κ3) is 4.08. The first-order valence-corrected chi connectivity index (χ1v) is 7.97. The Balaban J connectivity index is 1.90. The summed E-state index contributed by atoms with van der Waals surface area (Å²) in [6.07, 6.45) is 2.73. The van der Waals surface area contributed by atoms with Gasteiger partial charge in [-0.25, -0.2) is 0 Å². The first kappa shape index (κ1) is 14.0. The van der Waals surface area contributed by atoms with Crippen molar-refractivity contribution < 1.29 is 0 Å². The van der Waals surface area contributed by atoms with Crippen molar-refractivity contribution in [3.63, 3.8) is 0 Å². The zero-order valence-corrected chi connectivity index (χ0v) is 12.7. The Kier molecular flexibility index (Phi) is 5.22. The number of piperidine rings is 1. The van der Waals surface area contributed by atoms with Gasteiger partial charge in [-0.2, -0.15) is 0 Å². The molecule has 0 bridgehead atoms. The van der Waals surface area contributed by atoms with E-state index >= 15 is 0 Å². The Morgan fingerprint density at radius 1 is 1.44 bits per heavy atom. The molecule has 1 atom stereocenters. The first-order valence-electron chi connectivity index (χ1n) is 7.15. The Morgan fingerprint density at radius 2 is 2.28 bits per heavy atom. The highest BCUT2D eigenvalue weighted by Gasteiger charge is 2.19. The molecular formula is C15H26N2S. The SMILES string of the molecule is Cc1ccc(CN(CC2CCCNC2)C(C)C)s1. The summed E-state index contributed by atoms with van der Waals surface area (Å²) in [7, 11) is 0. The lowest BCUT2D eigenvalue weighted by Crippen LogP contribution is -2.40. The van der Waals surface area contributed by atoms with Crippen molar-refractivity contribution in [3.8, 4) is 0 Å². The molecule has 1 aromatic heterocycles. The molecule has 1 aliphatic heterocycles. The number of rotatable bonds is 5. The van der Waals surface area contributed by atoms with Gasteiger partial charge in [0.1, 0.15) is 0 Å². The minimum absolute atomic E-state index is 0.634. The maximum atomic E-state index is 3.52. The lowest BCUT2D eigenvalue weighted by molar-refractivity contribution is 0.165. The van der Waals surface area contributed by atoms with Crippen molar-refractivity contribution in [1.82, 2.24) is 10.2 Å². The molecule has 0 radical (unpaired) electrons. The van der Waals surface area contributed by atoms with Crippen molar-refractivity contribution in [1.29, 1.82) is 0 Å². The lowest BCUT2D eigenvalue weighted by Gasteiger charge is -2.32. The third-order valence-corrected chi connectivity index (χ3v) is 4.76. The maximum Gasteiger partial charge on any atom is 0.0330 e. The van der Waals surface area contributed by atoms with Crippen LogP contribution in [0.25, 0.3) is 0 Å². The number of thiophene rings is 1. The van der Waals surface area contributed by atoms with Gasteiger partial charge in [-0.15, -0.1) is 11.3 Å². The second-order valence-corrected chi connectivity index (χ2v) is 7.12. The number of hydrogen-bond acceptors (Lipinski definition) is 3. The van der Waals surface area contributed by atoms with E-state index in [4.69, 9.17) is 0 Å². The molecule has 2 rings (SSSR count). The van der Waals surface area contributed by atoms with E-state index in [2.05, 4.69) is 43.1 Å². The highest BCUT2D eigenvalue weighted by Crippen LogP contribution is 2.20. The van der Waals surface area contributed by atoms with Crippen LogP contribution in [0.5, 0.6) is 0 Å². The first-order chi connectivity index (χ1) is 8.65. The fourth-order valence-corrected chi connectivity index (χ4v) is 3.56. The van der Waals surface area contributed by atoms with Crippen LogP contribution in [-0.2, 0) is 6.54 Å². The summed E-state index contributed by atoms with van der Waals surface area (Å²) >= 11 is 1.94. The fourth-order valence-electron chi connectivity index (χ4n) is 2.64. The maximum absolute atomic E-state index is 3.52. The molecule has 0 spiro atoms. The van der Waals surface area contributed by atoms with E-state index in [1.54, 1.807) is 0 Å². The Hall–Kier alpha value is -0.380. The molecule has 0 amide bonds. The van der Waals surface area contributed by atoms with E-state index in [-0.39, 0.29) is 0 Å². The standard InChI is InChI=1S/C15H26N2S/c1-12(2)17(10-14-5-4-8-16-9-14)11-15-7-6-13(3)18-15/h6-7,12,14,16H,4-5,8-11H2,1-3H3. The monoisotopic (exact) mass is 266 g/mol. The quantitative estimate of drug-likeness (QED) is 0.880. The normalized spacial score (nSPS) is 20.8. The molecule has 1 saturated heterocycles. The van der Waals surface area contributed by atoms with Crippen LogP contribution in [0, 0.1) is 12.8 Å². The highest BCUT2D eigenvalue weighted by atomic mass is 32.1. The minimum atomic E-state index is 0.634. The minimum Gasteiger partial charge on any atom is -0.316 e. The Bertz CT molecular complexity index is 353. The molecule has 0 aliphatic carbocycles. The van der Waals surface area contributed by atoms with Gasteiger partial charge < -0.3 is 5.32 Å². The average molecular weight is 266 g/mol. The number of hydrogen-bond donors (Lipinski definition) is 1. The van der Waals surface area contributed by atoms with E-state index in [0.717, 1.165) is 12.5 Å². The second-order valence-electron chi connectivity index (χ2n) is 5.75. The smallest absolute Gasteiger partial charge is 0.0330 e. The van der Waals surface area contributed by atoms with Gasteiger partial charge >= 0.3 is 0 Å². The van der Waals surface area contributed by atoms with Crippen LogP contribution < -0.4 is 5.32 Å². The van der Waals surface area contributed by atoms with Crippen molar-refractivity contribution in [2.24, 2.45) is 5.92 Å². The van der Waals surface area contributed by atoms with Gasteiger partial charge in [0.2, 0.25) is 0 Å². The van der Waals surface area contributed by atoms with Crippen molar-refractivity contribution >= 4 is 11.3 Å². The van der Waals surface area contributed by atoms with Crippen LogP contribution in [0.15, 0.2) is 12.1 Å². The largest absolute Gasteiger partial charge is 0.316 e. The van der Waals surface area contributed by atoms with Crippen LogP contribution in [0.4, 0.5) is 0 Å². The van der Waals surface area contributed by atoms with Crippen LogP contribution in [0.3, 0.4) is 0 Å². The van der Waals surface area contributed by atoms with Gasteiger partial charge in [-0.3, -0.25) is 4.90 Å². The summed E-state index contributed by atoms with van der Waals surface area (Å²) in [6, 6.07) is 5.16. The fraction of sp³-hybridized carbons (Fsp3) is 0.733. The molecule has 2 heterocycles. The van der Waals surface area contributed by atoms with E-state index in [0.29, 0.717) is 6.04 Å². The molecule has 2 nitrogen and oxygen atoms in total. The summed E-state index contributed by atoms with van der Waals surface area (Å²) in [4.78, 5) is 5.56. The Labute approximate surface area is 115 Å². The predicted molar refractivity (Wildman–Crippen MR) is 80.2 cm³/mol. The molecule has 1 N–H and O–H groups in total. The van der Waals surface area contributed by atoms with E-state index in [1.165, 1.54) is 42.2 Å². The van der Waals surface area contributed by atoms with Gasteiger partial charge in [0.05, 0.1) is 0 Å². The molecule has 3 heteroatoms. The molecule has 1 aromatic rings. The molecule has 102 valence electrons. The van der Waals surface area contributed by atoms with E-state index in [9.17, 15) is 0 Å². The second kappa shape index (κ2) is 6.69.